The van der Waals surface area contributed by atoms with E-state index in [-0.39, 0.29) is 17.7 Å². The Morgan fingerprint density at radius 3 is 2.07 bits per heavy atom. The van der Waals surface area contributed by atoms with Crippen molar-refractivity contribution in [2.45, 2.75) is 38.0 Å². The van der Waals surface area contributed by atoms with Crippen LogP contribution in [0.1, 0.15) is 36.3 Å². The summed E-state index contributed by atoms with van der Waals surface area (Å²) in [4.78, 5) is 13.6. The molecule has 28 heavy (non-hydrogen) atoms. The molecule has 0 spiro atoms. The summed E-state index contributed by atoms with van der Waals surface area (Å²) in [6.07, 6.45) is -11.2. The number of hydrogen-bond donors (Lipinski definition) is 0. The Bertz CT molecular complexity index is 877. The molecule has 2 unspecified atom stereocenters. The summed E-state index contributed by atoms with van der Waals surface area (Å²) in [7, 11) is 0. The molecule has 2 aromatic carbocycles. The summed E-state index contributed by atoms with van der Waals surface area (Å²) in [6, 6.07) is 8.24. The molecule has 0 bridgehead atoms. The molecule has 0 radical (unpaired) electrons. The van der Waals surface area contributed by atoms with Crippen molar-refractivity contribution in [2.75, 3.05) is 4.90 Å². The van der Waals surface area contributed by atoms with E-state index in [1.807, 2.05) is 0 Å². The minimum Gasteiger partial charge on any atom is -0.341 e. The Hall–Kier alpha value is -2.55. The second-order valence-electron chi connectivity index (χ2n) is 6.26. The van der Waals surface area contributed by atoms with Gasteiger partial charge in [0.1, 0.15) is 6.10 Å². The van der Waals surface area contributed by atoms with E-state index in [1.54, 1.807) is 6.92 Å². The predicted octanol–water partition coefficient (Wildman–Crippen LogP) is 5.56. The number of nitrogens with zero attached hydrogens (tertiary/aromatic N) is 1. The van der Waals surface area contributed by atoms with Crippen LogP contribution in [-0.2, 0) is 21.9 Å². The van der Waals surface area contributed by atoms with Gasteiger partial charge in [-0.1, -0.05) is 25.1 Å². The van der Waals surface area contributed by atoms with Gasteiger partial charge in [0.25, 0.3) is 5.91 Å². The van der Waals surface area contributed by atoms with Gasteiger partial charge < -0.3 is 4.74 Å². The Morgan fingerprint density at radius 1 is 0.929 bits per heavy atom. The fraction of sp³-hybridized carbons (Fsp3) is 0.316. The number of halogens is 6. The topological polar surface area (TPSA) is 29.5 Å². The van der Waals surface area contributed by atoms with Crippen LogP contribution >= 0.6 is 0 Å². The van der Waals surface area contributed by atoms with Gasteiger partial charge in [0, 0.05) is 11.3 Å². The zero-order chi connectivity index (χ0) is 20.7. The molecule has 1 amide bonds. The molecule has 1 aliphatic heterocycles. The van der Waals surface area contributed by atoms with Gasteiger partial charge in [-0.3, -0.25) is 9.69 Å². The van der Waals surface area contributed by atoms with E-state index in [0.717, 1.165) is 41.3 Å². The number of amides is 1. The summed E-state index contributed by atoms with van der Waals surface area (Å²) in [5.41, 5.74) is -1.99. The van der Waals surface area contributed by atoms with Crippen LogP contribution in [0, 0.1) is 0 Å². The SMILES string of the molecule is CCC1OC(c2cccc(C(F)(F)F)c2)N(c2cccc(C(F)(F)F)c2)C1=O. The van der Waals surface area contributed by atoms with Crippen molar-refractivity contribution < 1.29 is 35.9 Å². The number of hydrogen-bond acceptors (Lipinski definition) is 2. The Labute approximate surface area is 156 Å². The molecule has 0 saturated carbocycles. The Morgan fingerprint density at radius 2 is 1.50 bits per heavy atom. The number of carbonyl (C=O) groups excluding carboxylic acids is 1. The predicted molar refractivity (Wildman–Crippen MR) is 88.3 cm³/mol. The lowest BCUT2D eigenvalue weighted by Crippen LogP contribution is -2.31. The number of benzene rings is 2. The number of anilines is 1. The van der Waals surface area contributed by atoms with Crippen LogP contribution in [0.4, 0.5) is 32.0 Å². The lowest BCUT2D eigenvalue weighted by Gasteiger charge is -2.24. The maximum Gasteiger partial charge on any atom is 0.416 e. The average molecular weight is 403 g/mol. The van der Waals surface area contributed by atoms with Crippen LogP contribution in [0.2, 0.25) is 0 Å². The molecule has 9 heteroatoms. The second-order valence-corrected chi connectivity index (χ2v) is 6.26. The third kappa shape index (κ3) is 3.84. The normalized spacial score (nSPS) is 20.7. The third-order valence-corrected chi connectivity index (χ3v) is 4.36. The largest absolute Gasteiger partial charge is 0.416 e. The minimum atomic E-state index is -4.63. The number of carbonyl (C=O) groups is 1. The van der Waals surface area contributed by atoms with Gasteiger partial charge in [-0.2, -0.15) is 26.3 Å². The highest BCUT2D eigenvalue weighted by molar-refractivity contribution is 5.99. The second kappa shape index (κ2) is 7.12. The van der Waals surface area contributed by atoms with Crippen molar-refractivity contribution in [3.8, 4) is 0 Å². The van der Waals surface area contributed by atoms with Crippen LogP contribution < -0.4 is 4.90 Å². The molecular formula is C19H15F6NO2. The zero-order valence-electron chi connectivity index (χ0n) is 14.5. The van der Waals surface area contributed by atoms with Gasteiger partial charge in [-0.25, -0.2) is 0 Å². The molecule has 0 N–H and O–H groups in total. The smallest absolute Gasteiger partial charge is 0.341 e. The molecule has 3 nitrogen and oxygen atoms in total. The molecule has 0 aromatic heterocycles. The highest BCUT2D eigenvalue weighted by atomic mass is 19.4. The molecule has 1 heterocycles. The van der Waals surface area contributed by atoms with E-state index in [0.29, 0.717) is 0 Å². The van der Waals surface area contributed by atoms with E-state index in [1.165, 1.54) is 12.1 Å². The summed E-state index contributed by atoms with van der Waals surface area (Å²) in [5.74, 6) is -0.607. The first-order chi connectivity index (χ1) is 13.0. The van der Waals surface area contributed by atoms with E-state index in [4.69, 9.17) is 4.74 Å². The molecule has 2 atom stereocenters. The number of rotatable bonds is 3. The van der Waals surface area contributed by atoms with Crippen molar-refractivity contribution in [3.63, 3.8) is 0 Å². The van der Waals surface area contributed by atoms with Crippen molar-refractivity contribution in [2.24, 2.45) is 0 Å². The molecule has 150 valence electrons. The van der Waals surface area contributed by atoms with Crippen LogP contribution in [-0.4, -0.2) is 12.0 Å². The maximum absolute atomic E-state index is 13.0. The maximum atomic E-state index is 13.0. The fourth-order valence-corrected chi connectivity index (χ4v) is 3.01. The fourth-order valence-electron chi connectivity index (χ4n) is 3.01. The summed E-state index contributed by atoms with van der Waals surface area (Å²) in [6.45, 7) is 1.64. The number of alkyl halides is 6. The van der Waals surface area contributed by atoms with Crippen molar-refractivity contribution >= 4 is 11.6 Å². The lowest BCUT2D eigenvalue weighted by molar-refractivity contribution is -0.138. The minimum absolute atomic E-state index is 0.0246. The first-order valence-corrected chi connectivity index (χ1v) is 8.35. The Kier molecular flexibility index (Phi) is 5.14. The first-order valence-electron chi connectivity index (χ1n) is 8.35. The molecule has 3 rings (SSSR count). The van der Waals surface area contributed by atoms with Crippen LogP contribution in [0.5, 0.6) is 0 Å². The Balaban J connectivity index is 2.07. The number of ether oxygens (including phenoxy) is 1. The van der Waals surface area contributed by atoms with E-state index >= 15 is 0 Å². The van der Waals surface area contributed by atoms with Crippen molar-refractivity contribution in [1.82, 2.24) is 0 Å². The van der Waals surface area contributed by atoms with Crippen LogP contribution in [0.15, 0.2) is 48.5 Å². The monoisotopic (exact) mass is 403 g/mol. The van der Waals surface area contributed by atoms with Gasteiger partial charge in [0.05, 0.1) is 11.1 Å². The highest BCUT2D eigenvalue weighted by Gasteiger charge is 2.43. The third-order valence-electron chi connectivity index (χ3n) is 4.36. The summed E-state index contributed by atoms with van der Waals surface area (Å²) < 4.78 is 83.8. The van der Waals surface area contributed by atoms with E-state index in [2.05, 4.69) is 0 Å². The van der Waals surface area contributed by atoms with Crippen LogP contribution in [0.25, 0.3) is 0 Å². The van der Waals surface area contributed by atoms with E-state index < -0.39 is 41.7 Å². The van der Waals surface area contributed by atoms with Gasteiger partial charge in [-0.15, -0.1) is 0 Å². The van der Waals surface area contributed by atoms with Gasteiger partial charge >= 0.3 is 12.4 Å². The van der Waals surface area contributed by atoms with Gasteiger partial charge in [0.15, 0.2) is 6.23 Å². The van der Waals surface area contributed by atoms with Crippen LogP contribution in [0.3, 0.4) is 0 Å². The molecule has 1 saturated heterocycles. The highest BCUT2D eigenvalue weighted by Crippen LogP contribution is 2.40. The first kappa shape index (κ1) is 20.2. The molecular weight excluding hydrogens is 388 g/mol. The molecule has 1 fully saturated rings. The average Bonchev–Trinajstić information content (AvgIpc) is 2.97. The van der Waals surface area contributed by atoms with Gasteiger partial charge in [0.2, 0.25) is 0 Å². The lowest BCUT2D eigenvalue weighted by atomic mass is 10.1. The van der Waals surface area contributed by atoms with Gasteiger partial charge in [-0.05, 0) is 36.8 Å². The zero-order valence-corrected chi connectivity index (χ0v) is 14.5. The molecule has 2 aromatic rings. The quantitative estimate of drug-likeness (QED) is 0.628. The summed E-state index contributed by atoms with van der Waals surface area (Å²) in [5, 5.41) is 0. The van der Waals surface area contributed by atoms with Crippen molar-refractivity contribution in [1.29, 1.82) is 0 Å². The molecule has 0 aliphatic carbocycles. The summed E-state index contributed by atoms with van der Waals surface area (Å²) >= 11 is 0. The standard InChI is InChI=1S/C19H15F6NO2/c1-2-15-16(27)26(14-8-4-7-13(10-14)19(23,24)25)17(28-15)11-5-3-6-12(9-11)18(20,21)22/h3-10,15,17H,2H2,1H3. The van der Waals surface area contributed by atoms with Crippen molar-refractivity contribution in [3.05, 3.63) is 65.2 Å². The van der Waals surface area contributed by atoms with E-state index in [9.17, 15) is 31.1 Å². The molecule has 1 aliphatic rings.